The Balaban J connectivity index is 1.37. The number of H-pyrrole nitrogens is 1. The number of hydrogen-bond acceptors (Lipinski definition) is 5. The minimum absolute atomic E-state index is 0.00291. The van der Waals surface area contributed by atoms with Crippen LogP contribution in [0.25, 0.3) is 26.3 Å². The molecular weight excluding hydrogens is 378 g/mol. The van der Waals surface area contributed by atoms with Crippen LogP contribution in [0.5, 0.6) is 0 Å². The lowest BCUT2D eigenvalue weighted by Crippen LogP contribution is -2.30. The van der Waals surface area contributed by atoms with Gasteiger partial charge in [0.05, 0.1) is 27.5 Å². The van der Waals surface area contributed by atoms with Crippen molar-refractivity contribution in [2.24, 2.45) is 0 Å². The Morgan fingerprint density at radius 1 is 1.26 bits per heavy atom. The lowest BCUT2D eigenvalue weighted by molar-refractivity contribution is 0.0735. The van der Waals surface area contributed by atoms with Gasteiger partial charge in [-0.25, -0.2) is 9.97 Å². The van der Waals surface area contributed by atoms with Gasteiger partial charge in [0, 0.05) is 18.1 Å². The van der Waals surface area contributed by atoms with Gasteiger partial charge in [-0.1, -0.05) is 12.1 Å². The second-order valence-electron chi connectivity index (χ2n) is 6.76. The van der Waals surface area contributed by atoms with E-state index in [0.29, 0.717) is 0 Å². The molecule has 1 aromatic carbocycles. The van der Waals surface area contributed by atoms with Gasteiger partial charge in [-0.15, -0.1) is 22.7 Å². The number of benzene rings is 1. The molecule has 1 saturated heterocycles. The van der Waals surface area contributed by atoms with Gasteiger partial charge in [0.25, 0.3) is 5.91 Å². The fourth-order valence-electron chi connectivity index (χ4n) is 3.92. The van der Waals surface area contributed by atoms with Gasteiger partial charge < -0.3 is 9.88 Å². The van der Waals surface area contributed by atoms with Crippen molar-refractivity contribution in [3.8, 4) is 0 Å². The molecule has 134 valence electrons. The first-order chi connectivity index (χ1) is 13.3. The summed E-state index contributed by atoms with van der Waals surface area (Å²) in [4.78, 5) is 30.6. The lowest BCUT2D eigenvalue weighted by Gasteiger charge is -2.22. The first kappa shape index (κ1) is 15.4. The molecule has 1 unspecified atom stereocenters. The highest BCUT2D eigenvalue weighted by atomic mass is 32.1. The molecule has 6 nitrogen and oxygen atoms in total. The van der Waals surface area contributed by atoms with Crippen LogP contribution in [0.1, 0.15) is 34.4 Å². The molecule has 4 aromatic heterocycles. The lowest BCUT2D eigenvalue weighted by atomic mass is 10.2. The normalized spacial score (nSPS) is 17.6. The third-order valence-corrected chi connectivity index (χ3v) is 6.95. The first-order valence-electron chi connectivity index (χ1n) is 8.89. The standard InChI is InChI=1S/C19H15N5OS2/c25-18(15-10-14-17(27-15)22-19-24(14)8-9-26-19)23-7-3-6-13(23)16-20-11-4-1-2-5-12(11)21-16/h1-2,4-5,8-10,13H,3,6-7H2,(H,20,21). The number of nitrogens with zero attached hydrogens (tertiary/aromatic N) is 4. The summed E-state index contributed by atoms with van der Waals surface area (Å²) in [6.07, 6.45) is 3.93. The molecule has 1 atom stereocenters. The Labute approximate surface area is 162 Å². The third-order valence-electron chi connectivity index (χ3n) is 5.19. The summed E-state index contributed by atoms with van der Waals surface area (Å²) in [5.41, 5.74) is 2.98. The van der Waals surface area contributed by atoms with E-state index in [4.69, 9.17) is 4.98 Å². The van der Waals surface area contributed by atoms with Gasteiger partial charge in [-0.05, 0) is 31.0 Å². The van der Waals surface area contributed by atoms with Crippen molar-refractivity contribution < 1.29 is 4.79 Å². The van der Waals surface area contributed by atoms with Crippen molar-refractivity contribution in [2.45, 2.75) is 18.9 Å². The SMILES string of the molecule is O=C(c1cc2c(nc3sccn32)s1)N1CCCC1c1nc2ccccc2[nH]1. The van der Waals surface area contributed by atoms with Crippen LogP contribution in [0.4, 0.5) is 0 Å². The smallest absolute Gasteiger partial charge is 0.264 e. The van der Waals surface area contributed by atoms with Crippen LogP contribution in [0, 0.1) is 0 Å². The maximum atomic E-state index is 13.2. The van der Waals surface area contributed by atoms with Crippen LogP contribution in [-0.2, 0) is 0 Å². The van der Waals surface area contributed by atoms with Crippen molar-refractivity contribution in [3.05, 3.63) is 52.6 Å². The van der Waals surface area contributed by atoms with Crippen molar-refractivity contribution in [3.63, 3.8) is 0 Å². The number of carbonyl (C=O) groups is 1. The molecule has 1 aliphatic rings. The Morgan fingerprint density at radius 3 is 3.11 bits per heavy atom. The van der Waals surface area contributed by atoms with Crippen LogP contribution in [0.3, 0.4) is 0 Å². The fourth-order valence-corrected chi connectivity index (χ4v) is 5.68. The fraction of sp³-hybridized carbons (Fsp3) is 0.211. The molecule has 1 N–H and O–H groups in total. The number of fused-ring (bicyclic) bond motifs is 4. The van der Waals surface area contributed by atoms with E-state index >= 15 is 0 Å². The second-order valence-corrected chi connectivity index (χ2v) is 8.67. The number of amides is 1. The molecule has 0 bridgehead atoms. The number of thiophene rings is 1. The van der Waals surface area contributed by atoms with E-state index in [2.05, 4.69) is 9.97 Å². The topological polar surface area (TPSA) is 66.3 Å². The minimum atomic E-state index is 0.00291. The van der Waals surface area contributed by atoms with Gasteiger partial charge in [0.1, 0.15) is 10.7 Å². The van der Waals surface area contributed by atoms with E-state index in [1.165, 1.54) is 11.3 Å². The Bertz CT molecular complexity index is 1280. The van der Waals surface area contributed by atoms with Gasteiger partial charge in [-0.3, -0.25) is 9.20 Å². The summed E-state index contributed by atoms with van der Waals surface area (Å²) in [6, 6.07) is 9.98. The van der Waals surface area contributed by atoms with E-state index in [1.54, 1.807) is 11.3 Å². The molecule has 5 heterocycles. The number of imidazole rings is 2. The zero-order valence-electron chi connectivity index (χ0n) is 14.3. The number of nitrogens with one attached hydrogen (secondary N) is 1. The van der Waals surface area contributed by atoms with Gasteiger partial charge >= 0.3 is 0 Å². The summed E-state index contributed by atoms with van der Waals surface area (Å²) in [5, 5.41) is 2.01. The number of likely N-dealkylation sites (tertiary alicyclic amines) is 1. The number of hydrogen-bond donors (Lipinski definition) is 1. The Morgan fingerprint density at radius 2 is 2.19 bits per heavy atom. The average Bonchev–Trinajstić information content (AvgIpc) is 3.45. The van der Waals surface area contributed by atoms with Gasteiger partial charge in [0.15, 0.2) is 4.96 Å². The molecule has 5 aromatic rings. The maximum absolute atomic E-state index is 13.2. The Hall–Kier alpha value is -2.71. The van der Waals surface area contributed by atoms with Crippen LogP contribution >= 0.6 is 22.7 Å². The molecule has 1 aliphatic heterocycles. The van der Waals surface area contributed by atoms with Crippen molar-refractivity contribution in [2.75, 3.05) is 6.54 Å². The van der Waals surface area contributed by atoms with E-state index in [-0.39, 0.29) is 11.9 Å². The molecule has 0 aliphatic carbocycles. The molecule has 1 amide bonds. The minimum Gasteiger partial charge on any atom is -0.340 e. The van der Waals surface area contributed by atoms with Gasteiger partial charge in [0.2, 0.25) is 0 Å². The molecule has 1 fully saturated rings. The van der Waals surface area contributed by atoms with Crippen LogP contribution < -0.4 is 0 Å². The summed E-state index contributed by atoms with van der Waals surface area (Å²) in [7, 11) is 0. The van der Waals surface area contributed by atoms with E-state index < -0.39 is 0 Å². The maximum Gasteiger partial charge on any atom is 0.264 e. The average molecular weight is 393 g/mol. The number of para-hydroxylation sites is 2. The molecule has 6 rings (SSSR count). The highest BCUT2D eigenvalue weighted by Gasteiger charge is 2.33. The van der Waals surface area contributed by atoms with E-state index in [9.17, 15) is 4.79 Å². The van der Waals surface area contributed by atoms with Gasteiger partial charge in [-0.2, -0.15) is 0 Å². The number of aromatic amines is 1. The highest BCUT2D eigenvalue weighted by Crippen LogP contribution is 2.35. The van der Waals surface area contributed by atoms with Crippen molar-refractivity contribution in [1.29, 1.82) is 0 Å². The predicted octanol–water partition coefficient (Wildman–Crippen LogP) is 4.46. The zero-order chi connectivity index (χ0) is 18.0. The number of thiazole rings is 1. The molecule has 27 heavy (non-hydrogen) atoms. The molecule has 0 radical (unpaired) electrons. The predicted molar refractivity (Wildman–Crippen MR) is 108 cm³/mol. The van der Waals surface area contributed by atoms with Crippen LogP contribution in [0.2, 0.25) is 0 Å². The van der Waals surface area contributed by atoms with Crippen LogP contribution in [-0.4, -0.2) is 36.7 Å². The third kappa shape index (κ3) is 2.26. The monoisotopic (exact) mass is 393 g/mol. The van der Waals surface area contributed by atoms with Crippen molar-refractivity contribution >= 4 is 54.9 Å². The van der Waals surface area contributed by atoms with Crippen molar-refractivity contribution in [1.82, 2.24) is 24.3 Å². The second kappa shape index (κ2) is 5.64. The number of aromatic nitrogens is 4. The zero-order valence-corrected chi connectivity index (χ0v) is 15.9. The molecular formula is C19H15N5OS2. The number of rotatable bonds is 2. The van der Waals surface area contributed by atoms with E-state index in [1.807, 2.05) is 51.2 Å². The van der Waals surface area contributed by atoms with Crippen LogP contribution in [0.15, 0.2) is 41.9 Å². The van der Waals surface area contributed by atoms with E-state index in [0.717, 1.165) is 56.4 Å². The summed E-state index contributed by atoms with van der Waals surface area (Å²) in [6.45, 7) is 0.761. The molecule has 8 heteroatoms. The summed E-state index contributed by atoms with van der Waals surface area (Å²) >= 11 is 3.09. The molecule has 0 saturated carbocycles. The first-order valence-corrected chi connectivity index (χ1v) is 10.6. The highest BCUT2D eigenvalue weighted by molar-refractivity contribution is 7.21. The Kier molecular flexibility index (Phi) is 3.21. The summed E-state index contributed by atoms with van der Waals surface area (Å²) in [5.74, 6) is 0.954. The quantitative estimate of drug-likeness (QED) is 0.481. The molecule has 0 spiro atoms. The number of carbonyl (C=O) groups excluding carboxylic acids is 1. The summed E-state index contributed by atoms with van der Waals surface area (Å²) < 4.78 is 2.05. The largest absolute Gasteiger partial charge is 0.340 e.